The van der Waals surface area contributed by atoms with Crippen molar-refractivity contribution in [3.05, 3.63) is 60.2 Å². The highest BCUT2D eigenvalue weighted by molar-refractivity contribution is 5.63. The molecule has 0 fully saturated rings. The molecule has 0 saturated heterocycles. The van der Waals surface area contributed by atoms with E-state index in [0.29, 0.717) is 0 Å². The van der Waals surface area contributed by atoms with E-state index >= 15 is 0 Å². The number of hydrogen-bond donors (Lipinski definition) is 0. The molecule has 1 nitrogen and oxygen atoms in total. The van der Waals surface area contributed by atoms with E-state index in [1.165, 1.54) is 48.9 Å². The van der Waals surface area contributed by atoms with E-state index in [1.807, 2.05) is 0 Å². The van der Waals surface area contributed by atoms with Crippen LogP contribution in [0.2, 0.25) is 0 Å². The first-order valence-electron chi connectivity index (χ1n) is 7.55. The van der Waals surface area contributed by atoms with E-state index in [9.17, 15) is 0 Å². The maximum absolute atomic E-state index is 2.27. The predicted molar refractivity (Wildman–Crippen MR) is 88.0 cm³/mol. The monoisotopic (exact) mass is 267 g/mol. The van der Waals surface area contributed by atoms with E-state index in [2.05, 4.69) is 73.6 Å². The second kappa shape index (κ2) is 7.86. The molecule has 0 heterocycles. The molecule has 2 aromatic carbocycles. The van der Waals surface area contributed by atoms with Crippen LogP contribution in [0, 0.1) is 0 Å². The Kier molecular flexibility index (Phi) is 5.82. The highest BCUT2D eigenvalue weighted by Crippen LogP contribution is 2.19. The summed E-state index contributed by atoms with van der Waals surface area (Å²) < 4.78 is 0. The Balaban J connectivity index is 1.80. The third-order valence-electron chi connectivity index (χ3n) is 3.63. The second-order valence-electron chi connectivity index (χ2n) is 5.68. The number of unbranched alkanes of at least 4 members (excludes halogenated alkanes) is 2. The van der Waals surface area contributed by atoms with Crippen molar-refractivity contribution in [3.63, 3.8) is 0 Å². The highest BCUT2D eigenvalue weighted by Gasteiger charge is 1.98. The lowest BCUT2D eigenvalue weighted by Gasteiger charge is -2.09. The molecule has 0 aliphatic heterocycles. The van der Waals surface area contributed by atoms with E-state index in [0.717, 1.165) is 0 Å². The van der Waals surface area contributed by atoms with Crippen molar-refractivity contribution in [2.24, 2.45) is 0 Å². The molecule has 2 aromatic rings. The minimum Gasteiger partial charge on any atom is -0.309 e. The summed E-state index contributed by atoms with van der Waals surface area (Å²) in [6.45, 7) is 1.20. The number of benzene rings is 2. The zero-order valence-electron chi connectivity index (χ0n) is 12.7. The van der Waals surface area contributed by atoms with Gasteiger partial charge >= 0.3 is 0 Å². The molecular formula is C19H25N. The van der Waals surface area contributed by atoms with Crippen LogP contribution in [0.3, 0.4) is 0 Å². The van der Waals surface area contributed by atoms with Gasteiger partial charge in [-0.15, -0.1) is 0 Å². The average molecular weight is 267 g/mol. The molecule has 1 heteroatoms. The molecule has 2 rings (SSSR count). The molecule has 0 aliphatic carbocycles. The SMILES string of the molecule is CN(C)CCCCCc1ccc(-c2ccccc2)cc1. The molecule has 0 spiro atoms. The number of aryl methyl sites for hydroxylation is 1. The summed E-state index contributed by atoms with van der Waals surface area (Å²) >= 11 is 0. The molecular weight excluding hydrogens is 242 g/mol. The summed E-state index contributed by atoms with van der Waals surface area (Å²) in [5.41, 5.74) is 4.06. The van der Waals surface area contributed by atoms with Gasteiger partial charge in [-0.25, -0.2) is 0 Å². The zero-order valence-corrected chi connectivity index (χ0v) is 12.7. The molecule has 0 N–H and O–H groups in total. The van der Waals surface area contributed by atoms with Crippen LogP contribution < -0.4 is 0 Å². The van der Waals surface area contributed by atoms with Gasteiger partial charge < -0.3 is 4.90 Å². The van der Waals surface area contributed by atoms with Gasteiger partial charge in [-0.05, 0) is 56.6 Å². The van der Waals surface area contributed by atoms with Crippen molar-refractivity contribution in [1.82, 2.24) is 4.90 Å². The van der Waals surface area contributed by atoms with E-state index in [1.54, 1.807) is 0 Å². The first-order valence-corrected chi connectivity index (χ1v) is 7.55. The molecule has 0 amide bonds. The van der Waals surface area contributed by atoms with E-state index in [-0.39, 0.29) is 0 Å². The first-order chi connectivity index (χ1) is 9.75. The molecule has 0 radical (unpaired) electrons. The van der Waals surface area contributed by atoms with E-state index in [4.69, 9.17) is 0 Å². The van der Waals surface area contributed by atoms with Gasteiger partial charge in [0.15, 0.2) is 0 Å². The largest absolute Gasteiger partial charge is 0.309 e. The van der Waals surface area contributed by atoms with Crippen LogP contribution in [0.1, 0.15) is 24.8 Å². The van der Waals surface area contributed by atoms with Crippen LogP contribution in [0.4, 0.5) is 0 Å². The standard InChI is InChI=1S/C19H25N/c1-20(2)16-8-4-5-9-17-12-14-19(15-13-17)18-10-6-3-7-11-18/h3,6-7,10-15H,4-5,8-9,16H2,1-2H3. The topological polar surface area (TPSA) is 3.24 Å². The Morgan fingerprint density at radius 2 is 1.35 bits per heavy atom. The van der Waals surface area contributed by atoms with Gasteiger partial charge in [-0.3, -0.25) is 0 Å². The summed E-state index contributed by atoms with van der Waals surface area (Å²) in [5.74, 6) is 0. The Morgan fingerprint density at radius 1 is 0.700 bits per heavy atom. The van der Waals surface area contributed by atoms with Crippen LogP contribution in [-0.2, 0) is 6.42 Å². The third kappa shape index (κ3) is 4.82. The number of hydrogen-bond acceptors (Lipinski definition) is 1. The van der Waals surface area contributed by atoms with Crippen LogP contribution in [-0.4, -0.2) is 25.5 Å². The quantitative estimate of drug-likeness (QED) is 0.661. The Labute approximate surface area is 123 Å². The lowest BCUT2D eigenvalue weighted by atomic mass is 10.0. The Bertz CT molecular complexity index is 485. The maximum Gasteiger partial charge on any atom is -0.00248 e. The lowest BCUT2D eigenvalue weighted by Crippen LogP contribution is -2.12. The Morgan fingerprint density at radius 3 is 2.00 bits per heavy atom. The summed E-state index contributed by atoms with van der Waals surface area (Å²) in [6, 6.07) is 19.6. The van der Waals surface area contributed by atoms with Crippen molar-refractivity contribution >= 4 is 0 Å². The molecule has 0 aliphatic rings. The molecule has 0 atom stereocenters. The molecule has 0 saturated carbocycles. The number of rotatable bonds is 7. The van der Waals surface area contributed by atoms with Crippen molar-refractivity contribution in [3.8, 4) is 11.1 Å². The van der Waals surface area contributed by atoms with Crippen molar-refractivity contribution in [2.45, 2.75) is 25.7 Å². The van der Waals surface area contributed by atoms with Crippen molar-refractivity contribution in [2.75, 3.05) is 20.6 Å². The average Bonchev–Trinajstić information content (AvgIpc) is 2.48. The fourth-order valence-electron chi connectivity index (χ4n) is 2.43. The van der Waals surface area contributed by atoms with Gasteiger partial charge in [0, 0.05) is 0 Å². The second-order valence-corrected chi connectivity index (χ2v) is 5.68. The summed E-state index contributed by atoms with van der Waals surface area (Å²) in [7, 11) is 4.28. The van der Waals surface area contributed by atoms with Gasteiger partial charge in [-0.2, -0.15) is 0 Å². The van der Waals surface area contributed by atoms with E-state index < -0.39 is 0 Å². The van der Waals surface area contributed by atoms with Crippen molar-refractivity contribution < 1.29 is 0 Å². The van der Waals surface area contributed by atoms with Gasteiger partial charge in [-0.1, -0.05) is 61.0 Å². The molecule has 0 bridgehead atoms. The minimum absolute atomic E-state index is 1.20. The normalized spacial score (nSPS) is 10.9. The molecule has 0 unspecified atom stereocenters. The lowest BCUT2D eigenvalue weighted by molar-refractivity contribution is 0.391. The highest BCUT2D eigenvalue weighted by atomic mass is 15.0. The van der Waals surface area contributed by atoms with Gasteiger partial charge in [0.2, 0.25) is 0 Å². The molecule has 0 aromatic heterocycles. The van der Waals surface area contributed by atoms with Crippen molar-refractivity contribution in [1.29, 1.82) is 0 Å². The predicted octanol–water partition coefficient (Wildman–Crippen LogP) is 4.63. The summed E-state index contributed by atoms with van der Waals surface area (Å²) in [6.07, 6.45) is 5.11. The van der Waals surface area contributed by atoms with Crippen LogP contribution in [0.25, 0.3) is 11.1 Å². The molecule has 20 heavy (non-hydrogen) atoms. The van der Waals surface area contributed by atoms with Gasteiger partial charge in [0.1, 0.15) is 0 Å². The smallest absolute Gasteiger partial charge is 0.00248 e. The molecule has 106 valence electrons. The summed E-state index contributed by atoms with van der Waals surface area (Å²) in [5, 5.41) is 0. The van der Waals surface area contributed by atoms with Crippen LogP contribution >= 0.6 is 0 Å². The fraction of sp³-hybridized carbons (Fsp3) is 0.368. The van der Waals surface area contributed by atoms with Gasteiger partial charge in [0.05, 0.1) is 0 Å². The van der Waals surface area contributed by atoms with Gasteiger partial charge in [0.25, 0.3) is 0 Å². The maximum atomic E-state index is 2.27. The van der Waals surface area contributed by atoms with Crippen LogP contribution in [0.5, 0.6) is 0 Å². The fourth-order valence-corrected chi connectivity index (χ4v) is 2.43. The third-order valence-corrected chi connectivity index (χ3v) is 3.63. The first kappa shape index (κ1) is 14.8. The van der Waals surface area contributed by atoms with Crippen LogP contribution in [0.15, 0.2) is 54.6 Å². The Hall–Kier alpha value is -1.60. The number of nitrogens with zero attached hydrogens (tertiary/aromatic N) is 1. The minimum atomic E-state index is 1.20. The zero-order chi connectivity index (χ0) is 14.2. The summed E-state index contributed by atoms with van der Waals surface area (Å²) in [4.78, 5) is 2.26.